The van der Waals surface area contributed by atoms with Gasteiger partial charge in [0.05, 0.1) is 27.1 Å². The molecule has 0 atom stereocenters. The van der Waals surface area contributed by atoms with Crippen LogP contribution >= 0.6 is 0 Å². The molecule has 11 aliphatic carbocycles. The van der Waals surface area contributed by atoms with E-state index in [1.54, 1.807) is 0 Å². The molecule has 125 heavy (non-hydrogen) atoms. The Morgan fingerprint density at radius 3 is 0.272 bits per heavy atom. The number of rotatable bonds is 0. The summed E-state index contributed by atoms with van der Waals surface area (Å²) < 4.78 is 0. The van der Waals surface area contributed by atoms with E-state index < -0.39 is 27.1 Å². The second kappa shape index (κ2) is 22.8. The van der Waals surface area contributed by atoms with E-state index in [2.05, 4.69) is 425 Å². The minimum Gasteiger partial charge on any atom is -0.0619 e. The Kier molecular flexibility index (Phi) is 12.0. The molecule has 20 aromatic rings. The third kappa shape index (κ3) is 7.50. The zero-order valence-corrected chi connectivity index (χ0v) is 67.9. The molecule has 0 saturated heterocycles. The SMILES string of the molecule is c1ccc2c(c1)-c1ccc3cc1C21c2ccccc2-c2ccc(cc21)-c1ccc2c(c1)C1(c4ccccc4-2)c2ccccc2-c2ccc(cc21)-c1ccc2c(c1)C1(c4ccccc4-2)c2ccccc2-c2ccc(cc21)-c1ccc2c(c1)C1(c4ccccc4-c4ccc(cc41)-c1ccc4c(c1)C1(c5ccccc5-c5ccc-3cc51)c1ccccc1-4)c1ccccc1-2. The van der Waals surface area contributed by atoms with Gasteiger partial charge >= 0.3 is 0 Å². The maximum atomic E-state index is 2.60. The van der Waals surface area contributed by atoms with Gasteiger partial charge in [0.1, 0.15) is 0 Å². The maximum Gasteiger partial charge on any atom is 0.0725 e. The van der Waals surface area contributed by atoms with Crippen LogP contribution in [0.3, 0.4) is 0 Å². The van der Waals surface area contributed by atoms with Gasteiger partial charge in [0.15, 0.2) is 0 Å². The van der Waals surface area contributed by atoms with Crippen LogP contribution in [0.4, 0.5) is 0 Å². The van der Waals surface area contributed by atoms with E-state index in [0.29, 0.717) is 0 Å². The quantitative estimate of drug-likeness (QED) is 0.142. The third-order valence-electron chi connectivity index (χ3n) is 32.1. The summed E-state index contributed by atoms with van der Waals surface area (Å²) in [5.74, 6) is 0. The Bertz CT molecular complexity index is 6870. The lowest BCUT2D eigenvalue weighted by Crippen LogP contribution is -2.26. The summed E-state index contributed by atoms with van der Waals surface area (Å²) in [6, 6.07) is 168. The van der Waals surface area contributed by atoms with Gasteiger partial charge in [-0.1, -0.05) is 364 Å². The van der Waals surface area contributed by atoms with Crippen molar-refractivity contribution in [2.24, 2.45) is 0 Å². The van der Waals surface area contributed by atoms with Crippen molar-refractivity contribution in [3.05, 3.63) is 536 Å². The summed E-state index contributed by atoms with van der Waals surface area (Å²) in [4.78, 5) is 0. The molecule has 20 aromatic carbocycles. The van der Waals surface area contributed by atoms with E-state index in [4.69, 9.17) is 0 Å². The van der Waals surface area contributed by atoms with Gasteiger partial charge in [0, 0.05) is 0 Å². The van der Waals surface area contributed by atoms with Crippen molar-refractivity contribution in [1.82, 2.24) is 0 Å². The zero-order valence-electron chi connectivity index (χ0n) is 67.9. The first-order valence-electron chi connectivity index (χ1n) is 44.4. The molecule has 5 spiro atoms. The molecule has 0 N–H and O–H groups in total. The molecule has 11 aliphatic rings. The van der Waals surface area contributed by atoms with Crippen LogP contribution in [0.2, 0.25) is 0 Å². The summed E-state index contributed by atoms with van der Waals surface area (Å²) in [7, 11) is 0. The van der Waals surface area contributed by atoms with E-state index >= 15 is 0 Å². The molecule has 0 radical (unpaired) electrons. The molecule has 570 valence electrons. The highest BCUT2D eigenvalue weighted by Gasteiger charge is 2.59. The molecule has 0 fully saturated rings. The van der Waals surface area contributed by atoms with Crippen molar-refractivity contribution in [3.8, 4) is 167 Å². The van der Waals surface area contributed by atoms with Gasteiger partial charge in [0.2, 0.25) is 0 Å². The normalized spacial score (nSPS) is 19.4. The van der Waals surface area contributed by atoms with Crippen LogP contribution in [-0.4, -0.2) is 0 Å². The highest BCUT2D eigenvalue weighted by Crippen LogP contribution is 2.71. The van der Waals surface area contributed by atoms with Crippen LogP contribution in [0.1, 0.15) is 111 Å². The Hall–Kier alpha value is -15.6. The van der Waals surface area contributed by atoms with Gasteiger partial charge in [-0.15, -0.1) is 0 Å². The van der Waals surface area contributed by atoms with E-state index in [9.17, 15) is 0 Å². The first kappa shape index (κ1) is 66.2. The summed E-state index contributed by atoms with van der Waals surface area (Å²) >= 11 is 0. The third-order valence-corrected chi connectivity index (χ3v) is 32.1. The van der Waals surface area contributed by atoms with Crippen LogP contribution in [0.5, 0.6) is 0 Å². The smallest absolute Gasteiger partial charge is 0.0619 e. The molecular formula is C125H70. The van der Waals surface area contributed by atoms with Gasteiger partial charge in [-0.05, 0) is 339 Å². The van der Waals surface area contributed by atoms with Crippen molar-refractivity contribution in [3.63, 3.8) is 0 Å². The second-order valence-corrected chi connectivity index (χ2v) is 36.8. The van der Waals surface area contributed by atoms with Crippen LogP contribution in [0, 0.1) is 0 Å². The lowest BCUT2D eigenvalue weighted by Gasteiger charge is -2.32. The number of benzene rings is 20. The van der Waals surface area contributed by atoms with Crippen molar-refractivity contribution < 1.29 is 0 Å². The van der Waals surface area contributed by atoms with Crippen LogP contribution in [0.25, 0.3) is 167 Å². The summed E-state index contributed by atoms with van der Waals surface area (Å²) in [6.07, 6.45) is 0. The monoisotopic (exact) mass is 1570 g/mol. The first-order chi connectivity index (χ1) is 61.9. The van der Waals surface area contributed by atoms with E-state index in [0.717, 1.165) is 0 Å². The fraction of sp³-hybridized carbons (Fsp3) is 0.0400. The predicted octanol–water partition coefficient (Wildman–Crippen LogP) is 30.1. The molecule has 0 nitrogen and oxygen atoms in total. The molecule has 0 unspecified atom stereocenters. The zero-order chi connectivity index (χ0) is 80.9. The summed E-state index contributed by atoms with van der Waals surface area (Å²) in [6.45, 7) is 0. The average Bonchev–Trinajstić information content (AvgIpc) is 1.52. The van der Waals surface area contributed by atoms with Gasteiger partial charge in [0.25, 0.3) is 0 Å². The first-order valence-corrected chi connectivity index (χ1v) is 44.4. The average molecular weight is 1570 g/mol. The van der Waals surface area contributed by atoms with Crippen LogP contribution < -0.4 is 0 Å². The summed E-state index contributed by atoms with van der Waals surface area (Å²) in [5.41, 5.74) is 61.1. The maximum absolute atomic E-state index is 2.60. The number of fused-ring (bicyclic) bond motifs is 35. The van der Waals surface area contributed by atoms with Crippen LogP contribution in [-0.2, 0) is 27.1 Å². The lowest BCUT2D eigenvalue weighted by molar-refractivity contribution is 0.792. The molecule has 0 aromatic heterocycles. The highest BCUT2D eigenvalue weighted by molar-refractivity contribution is 6.05. The molecule has 20 bridgehead atoms. The molecule has 0 amide bonds. The Morgan fingerprint density at radius 1 is 0.0800 bits per heavy atom. The van der Waals surface area contributed by atoms with E-state index in [1.807, 2.05) is 0 Å². The van der Waals surface area contributed by atoms with Gasteiger partial charge in [-0.2, -0.15) is 0 Å². The molecule has 0 heteroatoms. The number of hydrogen-bond donors (Lipinski definition) is 0. The Morgan fingerprint density at radius 2 is 0.168 bits per heavy atom. The predicted molar refractivity (Wildman–Crippen MR) is 509 cm³/mol. The standard InChI is InChI=1S/C125H70/c1-11-31-101-81(21-1)91-51-41-71-61-111(91)121(101)102-32-12-2-22-82(102)92-52-42-72(62-112(92)121)74-44-54-94-84-24-5-15-35-105(84)123(114(94)64-74)106-36-16-6-26-86(106)96-56-46-76(66-116(96)123)78-48-58-98-88-28-9-19-39-109(88)125(118(98)68-78)110-40-20-10-30-90(110)100-60-50-80(70-120(100)125)79-49-59-99-89-29-8-18-38-108(89)124(119(99)69-79)107-37-17-7-27-87(107)97-57-47-77(67-117(97)124)75-45-55-95-85-25-4-14-34-104(85)122(115(95)65-75)103-33-13-3-23-83(103)93-53-43-73(71)63-113(93)122/h1-70H. The Balaban J connectivity index is 0.682. The number of hydrogen-bond acceptors (Lipinski definition) is 0. The van der Waals surface area contributed by atoms with Crippen LogP contribution in [0.15, 0.2) is 425 Å². The van der Waals surface area contributed by atoms with Crippen molar-refractivity contribution in [1.29, 1.82) is 0 Å². The van der Waals surface area contributed by atoms with E-state index in [-0.39, 0.29) is 0 Å². The fourth-order valence-corrected chi connectivity index (χ4v) is 27.5. The van der Waals surface area contributed by atoms with Crippen molar-refractivity contribution >= 4 is 0 Å². The molecule has 31 rings (SSSR count). The minimum absolute atomic E-state index is 0.636. The Labute approximate surface area is 724 Å². The van der Waals surface area contributed by atoms with Gasteiger partial charge in [-0.25, -0.2) is 0 Å². The van der Waals surface area contributed by atoms with Gasteiger partial charge < -0.3 is 0 Å². The molecule has 0 aliphatic heterocycles. The molecule has 0 heterocycles. The second-order valence-electron chi connectivity index (χ2n) is 36.8. The van der Waals surface area contributed by atoms with Gasteiger partial charge in [-0.3, -0.25) is 0 Å². The highest BCUT2D eigenvalue weighted by atomic mass is 14.6. The van der Waals surface area contributed by atoms with Crippen molar-refractivity contribution in [2.45, 2.75) is 27.1 Å². The lowest BCUT2D eigenvalue weighted by atomic mass is 9.69. The fourth-order valence-electron chi connectivity index (χ4n) is 27.5. The molecule has 0 saturated carbocycles. The topological polar surface area (TPSA) is 0 Å². The minimum atomic E-state index is -0.636. The summed E-state index contributed by atoms with van der Waals surface area (Å²) in [5, 5.41) is 0. The van der Waals surface area contributed by atoms with E-state index in [1.165, 1.54) is 278 Å². The largest absolute Gasteiger partial charge is 0.0725 e. The molecular weight excluding hydrogens is 1500 g/mol. The van der Waals surface area contributed by atoms with Crippen molar-refractivity contribution in [2.75, 3.05) is 0 Å².